The number of hydrogen-bond donors (Lipinski definition) is 3. The Bertz CT molecular complexity index is 1770. The van der Waals surface area contributed by atoms with E-state index < -0.39 is 81.2 Å². The van der Waals surface area contributed by atoms with Gasteiger partial charge >= 0.3 is 12.1 Å². The predicted molar refractivity (Wildman–Crippen MR) is 154 cm³/mol. The number of sulfone groups is 1. The minimum Gasteiger partial charge on any atom is -0.480 e. The standard InChI is InChI=1S/C27H25Cl2F3N2O7S2/c1-26(2,3)23(25(36)37)33-24(35)16-6-4-15(5-7-16)14-42(38,39)22-11-8-17(28)12-21(22)34-43(40,41)18-9-10-20(29)19(13-18)27(30,31)32/h4-13,23,34H,14H2,1-3H3,(H,33,35)(H,36,37). The molecule has 0 aromatic heterocycles. The summed E-state index contributed by atoms with van der Waals surface area (Å²) in [7, 11) is -9.05. The Morgan fingerprint density at radius 1 is 0.907 bits per heavy atom. The Morgan fingerprint density at radius 2 is 1.51 bits per heavy atom. The van der Waals surface area contributed by atoms with Crippen LogP contribution in [0.4, 0.5) is 18.9 Å². The number of carbonyl (C=O) groups is 2. The zero-order valence-electron chi connectivity index (χ0n) is 22.7. The number of amides is 1. The molecule has 0 spiro atoms. The molecule has 1 unspecified atom stereocenters. The number of alkyl halides is 3. The van der Waals surface area contributed by atoms with Gasteiger partial charge in [0.05, 0.1) is 31.8 Å². The van der Waals surface area contributed by atoms with Gasteiger partial charge in [0, 0.05) is 10.6 Å². The van der Waals surface area contributed by atoms with Gasteiger partial charge < -0.3 is 10.4 Å². The molecule has 3 aromatic carbocycles. The van der Waals surface area contributed by atoms with Gasteiger partial charge in [-0.1, -0.05) is 56.1 Å². The molecule has 0 saturated carbocycles. The maximum Gasteiger partial charge on any atom is 0.417 e. The Kier molecular flexibility index (Phi) is 9.81. The molecule has 0 radical (unpaired) electrons. The van der Waals surface area contributed by atoms with Crippen molar-refractivity contribution in [2.45, 2.75) is 48.5 Å². The number of hydrogen-bond acceptors (Lipinski definition) is 6. The third-order valence-corrected chi connectivity index (χ3v) is 9.70. The minimum atomic E-state index is -4.95. The number of benzene rings is 3. The van der Waals surface area contributed by atoms with Crippen LogP contribution in [-0.2, 0) is 36.6 Å². The fourth-order valence-electron chi connectivity index (χ4n) is 3.86. The highest BCUT2D eigenvalue weighted by molar-refractivity contribution is 7.93. The second kappa shape index (κ2) is 12.3. The van der Waals surface area contributed by atoms with Gasteiger partial charge in [0.15, 0.2) is 9.84 Å². The van der Waals surface area contributed by atoms with E-state index in [9.17, 15) is 44.7 Å². The molecule has 232 valence electrons. The van der Waals surface area contributed by atoms with Gasteiger partial charge in [-0.25, -0.2) is 21.6 Å². The SMILES string of the molecule is CC(C)(C)C(NC(=O)c1ccc(CS(=O)(=O)c2ccc(Cl)cc2NS(=O)(=O)c2ccc(Cl)c(C(F)(F)F)c2)cc1)C(=O)O. The molecular weight excluding hydrogens is 656 g/mol. The van der Waals surface area contributed by atoms with E-state index in [1.165, 1.54) is 30.3 Å². The number of anilines is 1. The van der Waals surface area contributed by atoms with Gasteiger partial charge in [-0.15, -0.1) is 0 Å². The van der Waals surface area contributed by atoms with Crippen molar-refractivity contribution >= 4 is 60.6 Å². The van der Waals surface area contributed by atoms with E-state index in [1.807, 2.05) is 4.72 Å². The molecular formula is C27H25Cl2F3N2O7S2. The van der Waals surface area contributed by atoms with Crippen LogP contribution in [-0.4, -0.2) is 39.9 Å². The van der Waals surface area contributed by atoms with E-state index in [-0.39, 0.29) is 16.1 Å². The number of halogens is 5. The van der Waals surface area contributed by atoms with Crippen molar-refractivity contribution in [2.75, 3.05) is 4.72 Å². The summed E-state index contributed by atoms with van der Waals surface area (Å²) in [4.78, 5) is 22.8. The maximum atomic E-state index is 13.3. The Hall–Kier alpha value is -3.33. The van der Waals surface area contributed by atoms with Crippen LogP contribution >= 0.6 is 23.2 Å². The molecule has 0 aliphatic rings. The van der Waals surface area contributed by atoms with Crippen LogP contribution in [0.25, 0.3) is 0 Å². The maximum absolute atomic E-state index is 13.3. The number of carbonyl (C=O) groups excluding carboxylic acids is 1. The third-order valence-electron chi connectivity index (χ3n) is 6.04. The summed E-state index contributed by atoms with van der Waals surface area (Å²) in [6.07, 6.45) is -4.95. The van der Waals surface area contributed by atoms with Crippen molar-refractivity contribution in [3.05, 3.63) is 87.4 Å². The van der Waals surface area contributed by atoms with Crippen LogP contribution in [0.1, 0.15) is 42.3 Å². The average molecular weight is 682 g/mol. The number of sulfonamides is 1. The van der Waals surface area contributed by atoms with Crippen molar-refractivity contribution in [1.29, 1.82) is 0 Å². The second-order valence-corrected chi connectivity index (χ2v) is 14.9. The van der Waals surface area contributed by atoms with Gasteiger partial charge in [-0.05, 0) is 59.5 Å². The summed E-state index contributed by atoms with van der Waals surface area (Å²) < 4.78 is 94.5. The third kappa shape index (κ3) is 8.40. The zero-order chi connectivity index (χ0) is 32.5. The molecule has 0 aliphatic heterocycles. The number of aliphatic carboxylic acids is 1. The van der Waals surface area contributed by atoms with Gasteiger partial charge in [-0.3, -0.25) is 9.52 Å². The minimum absolute atomic E-state index is 0.0611. The molecule has 0 heterocycles. The van der Waals surface area contributed by atoms with Crippen molar-refractivity contribution < 1.29 is 44.7 Å². The first-order chi connectivity index (χ1) is 19.6. The lowest BCUT2D eigenvalue weighted by Crippen LogP contribution is -2.49. The summed E-state index contributed by atoms with van der Waals surface area (Å²) in [5, 5.41) is 11.1. The smallest absolute Gasteiger partial charge is 0.417 e. The first kappa shape index (κ1) is 34.2. The van der Waals surface area contributed by atoms with Crippen LogP contribution in [0, 0.1) is 5.41 Å². The van der Waals surface area contributed by atoms with E-state index in [2.05, 4.69) is 5.32 Å². The fraction of sp³-hybridized carbons (Fsp3) is 0.259. The fourth-order valence-corrected chi connectivity index (χ4v) is 6.92. The van der Waals surface area contributed by atoms with Crippen molar-refractivity contribution in [1.82, 2.24) is 5.32 Å². The number of carboxylic acid groups (broad SMARTS) is 1. The highest BCUT2D eigenvalue weighted by Gasteiger charge is 2.35. The van der Waals surface area contributed by atoms with Gasteiger partial charge in [0.25, 0.3) is 15.9 Å². The molecule has 0 fully saturated rings. The number of carboxylic acids is 1. The summed E-state index contributed by atoms with van der Waals surface area (Å²) in [6.45, 7) is 4.92. The first-order valence-corrected chi connectivity index (χ1v) is 16.1. The topological polar surface area (TPSA) is 147 Å². The van der Waals surface area contributed by atoms with E-state index in [1.54, 1.807) is 20.8 Å². The summed E-state index contributed by atoms with van der Waals surface area (Å²) in [6, 6.07) is 9.18. The Morgan fingerprint density at radius 3 is 2.05 bits per heavy atom. The largest absolute Gasteiger partial charge is 0.480 e. The van der Waals surface area contributed by atoms with Gasteiger partial charge in [-0.2, -0.15) is 13.2 Å². The molecule has 16 heteroatoms. The van der Waals surface area contributed by atoms with Crippen molar-refractivity contribution in [3.63, 3.8) is 0 Å². The van der Waals surface area contributed by atoms with Crippen LogP contribution in [0.3, 0.4) is 0 Å². The second-order valence-electron chi connectivity index (χ2n) is 10.5. The first-order valence-electron chi connectivity index (χ1n) is 12.2. The zero-order valence-corrected chi connectivity index (χ0v) is 25.8. The van der Waals surface area contributed by atoms with E-state index in [4.69, 9.17) is 23.2 Å². The number of nitrogens with one attached hydrogen (secondary N) is 2. The number of rotatable bonds is 9. The summed E-state index contributed by atoms with van der Waals surface area (Å²) in [5.41, 5.74) is -2.43. The van der Waals surface area contributed by atoms with Crippen LogP contribution in [0.15, 0.2) is 70.5 Å². The predicted octanol–water partition coefficient (Wildman–Crippen LogP) is 6.02. The highest BCUT2D eigenvalue weighted by Crippen LogP contribution is 2.37. The molecule has 0 saturated heterocycles. The monoisotopic (exact) mass is 680 g/mol. The lowest BCUT2D eigenvalue weighted by Gasteiger charge is -2.27. The molecule has 1 atom stereocenters. The Balaban J connectivity index is 1.89. The molecule has 0 aliphatic carbocycles. The lowest BCUT2D eigenvalue weighted by atomic mass is 9.86. The molecule has 9 nitrogen and oxygen atoms in total. The molecule has 1 amide bonds. The lowest BCUT2D eigenvalue weighted by molar-refractivity contribution is -0.142. The van der Waals surface area contributed by atoms with Crippen molar-refractivity contribution in [3.8, 4) is 0 Å². The Labute approximate surface area is 256 Å². The van der Waals surface area contributed by atoms with Crippen LogP contribution in [0.5, 0.6) is 0 Å². The van der Waals surface area contributed by atoms with E-state index in [0.717, 1.165) is 24.3 Å². The van der Waals surface area contributed by atoms with Crippen LogP contribution < -0.4 is 10.0 Å². The molecule has 43 heavy (non-hydrogen) atoms. The normalized spacial score (nSPS) is 13.3. The van der Waals surface area contributed by atoms with E-state index in [0.29, 0.717) is 6.07 Å². The van der Waals surface area contributed by atoms with E-state index >= 15 is 0 Å². The quantitative estimate of drug-likeness (QED) is 0.251. The summed E-state index contributed by atoms with van der Waals surface area (Å²) in [5.74, 6) is -2.58. The van der Waals surface area contributed by atoms with Crippen LogP contribution in [0.2, 0.25) is 10.0 Å². The molecule has 0 bridgehead atoms. The van der Waals surface area contributed by atoms with Gasteiger partial charge in [0.1, 0.15) is 6.04 Å². The highest BCUT2D eigenvalue weighted by atomic mass is 35.5. The van der Waals surface area contributed by atoms with Gasteiger partial charge in [0.2, 0.25) is 0 Å². The average Bonchev–Trinajstić information content (AvgIpc) is 2.85. The molecule has 3 aromatic rings. The van der Waals surface area contributed by atoms with Crippen molar-refractivity contribution in [2.24, 2.45) is 5.41 Å². The summed E-state index contributed by atoms with van der Waals surface area (Å²) >= 11 is 11.5. The molecule has 3 rings (SSSR count). The molecule has 3 N–H and O–H groups in total.